The van der Waals surface area contributed by atoms with Crippen molar-refractivity contribution < 1.29 is 28.6 Å². The largest absolute Gasteiger partial charge is 0.494 e. The maximum absolute atomic E-state index is 11.8. The van der Waals surface area contributed by atoms with E-state index in [0.717, 1.165) is 0 Å². The highest BCUT2D eigenvalue weighted by molar-refractivity contribution is 5.96. The van der Waals surface area contributed by atoms with Gasteiger partial charge in [-0.3, -0.25) is 10.1 Å². The lowest BCUT2D eigenvalue weighted by atomic mass is 10.1. The minimum absolute atomic E-state index is 0.334. The third-order valence-electron chi connectivity index (χ3n) is 2.86. The van der Waals surface area contributed by atoms with Crippen molar-refractivity contribution in [2.45, 2.75) is 26.9 Å². The summed E-state index contributed by atoms with van der Waals surface area (Å²) in [6.07, 6.45) is -1.13. The Balaban J connectivity index is 2.53. The Labute approximate surface area is 140 Å². The van der Waals surface area contributed by atoms with Gasteiger partial charge in [-0.2, -0.15) is 0 Å². The van der Waals surface area contributed by atoms with Gasteiger partial charge in [0.25, 0.3) is 5.91 Å². The van der Waals surface area contributed by atoms with Gasteiger partial charge in [0, 0.05) is 0 Å². The summed E-state index contributed by atoms with van der Waals surface area (Å²) in [7, 11) is 0. The molecule has 24 heavy (non-hydrogen) atoms. The van der Waals surface area contributed by atoms with Crippen molar-refractivity contribution in [3.05, 3.63) is 24.3 Å². The predicted octanol–water partition coefficient (Wildman–Crippen LogP) is 1.23. The zero-order valence-corrected chi connectivity index (χ0v) is 13.9. The van der Waals surface area contributed by atoms with Crippen LogP contribution in [-0.4, -0.2) is 37.2 Å². The van der Waals surface area contributed by atoms with Crippen molar-refractivity contribution >= 4 is 17.9 Å². The predicted molar refractivity (Wildman–Crippen MR) is 85.6 cm³/mol. The summed E-state index contributed by atoms with van der Waals surface area (Å²) in [6, 6.07) is 5.71. The molecule has 132 valence electrons. The smallest absolute Gasteiger partial charge is 0.344 e. The molecule has 0 aliphatic heterocycles. The van der Waals surface area contributed by atoms with Crippen LogP contribution in [0.2, 0.25) is 0 Å². The van der Waals surface area contributed by atoms with Crippen molar-refractivity contribution in [1.82, 2.24) is 5.32 Å². The monoisotopic (exact) mass is 338 g/mol. The van der Waals surface area contributed by atoms with Gasteiger partial charge < -0.3 is 19.9 Å². The molecule has 0 saturated heterocycles. The third-order valence-corrected chi connectivity index (χ3v) is 2.86. The first-order chi connectivity index (χ1) is 11.3. The van der Waals surface area contributed by atoms with Crippen LogP contribution in [0.5, 0.6) is 11.5 Å². The molecule has 1 aromatic rings. The molecule has 0 spiro atoms. The minimum Gasteiger partial charge on any atom is -0.494 e. The summed E-state index contributed by atoms with van der Waals surface area (Å²) in [5, 5.41) is 1.89. The third kappa shape index (κ3) is 6.55. The molecule has 0 aliphatic rings. The fraction of sp³-hybridized carbons (Fsp3) is 0.438. The number of hydrogen-bond donors (Lipinski definition) is 2. The molecule has 0 fully saturated rings. The van der Waals surface area contributed by atoms with Gasteiger partial charge in [-0.25, -0.2) is 9.59 Å². The number of nitrogens with two attached hydrogens (primary N) is 1. The van der Waals surface area contributed by atoms with Crippen LogP contribution in [0.25, 0.3) is 0 Å². The molecule has 3 amide bonds. The molecule has 8 heteroatoms. The highest BCUT2D eigenvalue weighted by Gasteiger charge is 2.27. The van der Waals surface area contributed by atoms with E-state index in [1.807, 2.05) is 12.2 Å². The Morgan fingerprint density at radius 2 is 1.62 bits per heavy atom. The number of nitrogens with one attached hydrogen (secondary N) is 1. The summed E-state index contributed by atoms with van der Waals surface area (Å²) < 4.78 is 15.6. The number of benzene rings is 1. The Hall–Kier alpha value is -2.77. The average molecular weight is 338 g/mol. The maximum Gasteiger partial charge on any atom is 0.344 e. The average Bonchev–Trinajstić information content (AvgIpc) is 2.51. The van der Waals surface area contributed by atoms with Crippen molar-refractivity contribution in [2.24, 2.45) is 11.7 Å². The molecule has 3 N–H and O–H groups in total. The number of primary amides is 1. The van der Waals surface area contributed by atoms with Gasteiger partial charge in [-0.05, 0) is 37.1 Å². The zero-order valence-electron chi connectivity index (χ0n) is 13.9. The van der Waals surface area contributed by atoms with E-state index in [4.69, 9.17) is 19.9 Å². The van der Waals surface area contributed by atoms with Crippen LogP contribution in [-0.2, 0) is 14.3 Å². The first-order valence-corrected chi connectivity index (χ1v) is 7.49. The van der Waals surface area contributed by atoms with Crippen LogP contribution in [0.1, 0.15) is 20.8 Å². The SMILES string of the molecule is CCOc1ccc(OCC(=O)O[C@@H](C(=O)NC(N)=O)C(C)C)cc1. The maximum atomic E-state index is 11.8. The van der Waals surface area contributed by atoms with Crippen LogP contribution in [0.15, 0.2) is 24.3 Å². The fourth-order valence-electron chi connectivity index (χ4n) is 1.80. The van der Waals surface area contributed by atoms with Crippen molar-refractivity contribution in [3.8, 4) is 11.5 Å². The molecule has 0 heterocycles. The standard InChI is InChI=1S/C16H22N2O6/c1-4-22-11-5-7-12(8-6-11)23-9-13(19)24-14(10(2)3)15(20)18-16(17)21/h5-8,10,14H,4,9H2,1-3H3,(H3,17,18,20,21)/t14-/m1/s1. The zero-order chi connectivity index (χ0) is 18.1. The molecular formula is C16H22N2O6. The number of imide groups is 1. The van der Waals surface area contributed by atoms with E-state index in [9.17, 15) is 14.4 Å². The van der Waals surface area contributed by atoms with Gasteiger partial charge in [0.15, 0.2) is 12.7 Å². The van der Waals surface area contributed by atoms with Gasteiger partial charge in [-0.1, -0.05) is 13.8 Å². The lowest BCUT2D eigenvalue weighted by Gasteiger charge is -2.19. The van der Waals surface area contributed by atoms with Crippen molar-refractivity contribution in [3.63, 3.8) is 0 Å². The summed E-state index contributed by atoms with van der Waals surface area (Å²) >= 11 is 0. The molecule has 0 unspecified atom stereocenters. The van der Waals surface area contributed by atoms with E-state index in [-0.39, 0.29) is 12.5 Å². The Bertz CT molecular complexity index is 570. The molecule has 0 aliphatic carbocycles. The second kappa shape index (κ2) is 9.39. The first kappa shape index (κ1) is 19.3. The summed E-state index contributed by atoms with van der Waals surface area (Å²) in [4.78, 5) is 34.3. The first-order valence-electron chi connectivity index (χ1n) is 7.49. The number of hydrogen-bond acceptors (Lipinski definition) is 6. The molecule has 1 aromatic carbocycles. The Kier molecular flexibility index (Phi) is 7.54. The molecule has 8 nitrogen and oxygen atoms in total. The minimum atomic E-state index is -1.13. The van der Waals surface area contributed by atoms with Crippen LogP contribution < -0.4 is 20.5 Å². The van der Waals surface area contributed by atoms with Gasteiger partial charge in [0.2, 0.25) is 0 Å². The molecule has 1 atom stereocenters. The summed E-state index contributed by atoms with van der Waals surface area (Å²) in [5.41, 5.74) is 4.88. The van der Waals surface area contributed by atoms with E-state index in [2.05, 4.69) is 0 Å². The molecule has 0 radical (unpaired) electrons. The number of carbonyl (C=O) groups excluding carboxylic acids is 3. The van der Waals surface area contributed by atoms with Crippen LogP contribution in [0.4, 0.5) is 4.79 Å². The summed E-state index contributed by atoms with van der Waals surface area (Å²) in [5.74, 6) is -0.693. The van der Waals surface area contributed by atoms with Crippen LogP contribution in [0.3, 0.4) is 0 Å². The Morgan fingerprint density at radius 1 is 1.08 bits per heavy atom. The lowest BCUT2D eigenvalue weighted by Crippen LogP contribution is -2.46. The highest BCUT2D eigenvalue weighted by Crippen LogP contribution is 2.17. The number of urea groups is 1. The van der Waals surface area contributed by atoms with Crippen LogP contribution in [0, 0.1) is 5.92 Å². The second-order valence-electron chi connectivity index (χ2n) is 5.20. The van der Waals surface area contributed by atoms with Gasteiger partial charge >= 0.3 is 12.0 Å². The molecule has 0 bridgehead atoms. The number of rotatable bonds is 8. The van der Waals surface area contributed by atoms with E-state index >= 15 is 0 Å². The van der Waals surface area contributed by atoms with Gasteiger partial charge in [0.1, 0.15) is 11.5 Å². The molecule has 1 rings (SSSR count). The van der Waals surface area contributed by atoms with E-state index in [1.54, 1.807) is 38.1 Å². The molecule has 0 saturated carbocycles. The number of esters is 1. The lowest BCUT2D eigenvalue weighted by molar-refractivity contribution is -0.160. The second-order valence-corrected chi connectivity index (χ2v) is 5.20. The topological polar surface area (TPSA) is 117 Å². The summed E-state index contributed by atoms with van der Waals surface area (Å²) in [6.45, 7) is 5.40. The Morgan fingerprint density at radius 3 is 2.08 bits per heavy atom. The van der Waals surface area contributed by atoms with Crippen LogP contribution >= 0.6 is 0 Å². The quantitative estimate of drug-likeness (QED) is 0.688. The van der Waals surface area contributed by atoms with Gasteiger partial charge in [0.05, 0.1) is 6.61 Å². The number of amides is 3. The normalized spacial score (nSPS) is 11.5. The van der Waals surface area contributed by atoms with E-state index in [0.29, 0.717) is 18.1 Å². The van der Waals surface area contributed by atoms with Crippen molar-refractivity contribution in [2.75, 3.05) is 13.2 Å². The number of ether oxygens (including phenoxy) is 3. The van der Waals surface area contributed by atoms with E-state index in [1.165, 1.54) is 0 Å². The highest BCUT2D eigenvalue weighted by atomic mass is 16.6. The number of carbonyl (C=O) groups is 3. The van der Waals surface area contributed by atoms with E-state index < -0.39 is 24.0 Å². The van der Waals surface area contributed by atoms with Crippen molar-refractivity contribution in [1.29, 1.82) is 0 Å². The van der Waals surface area contributed by atoms with Gasteiger partial charge in [-0.15, -0.1) is 0 Å². The molecule has 0 aromatic heterocycles. The molecular weight excluding hydrogens is 316 g/mol. The fourth-order valence-corrected chi connectivity index (χ4v) is 1.80.